The normalized spacial score (nSPS) is 11.2. The predicted molar refractivity (Wildman–Crippen MR) is 75.5 cm³/mol. The molecule has 0 radical (unpaired) electrons. The minimum atomic E-state index is -0.859. The molecule has 1 aromatic carbocycles. The summed E-state index contributed by atoms with van der Waals surface area (Å²) in [5, 5.41) is 9.07. The molecule has 0 unspecified atom stereocenters. The first kappa shape index (κ1) is 13.4. The van der Waals surface area contributed by atoms with E-state index < -0.39 is 5.97 Å². The van der Waals surface area contributed by atoms with E-state index in [1.54, 1.807) is 4.57 Å². The molecule has 0 atom stereocenters. The second-order valence-electron chi connectivity index (χ2n) is 5.15. The minimum absolute atomic E-state index is 0.0711. The molecule has 2 aromatic rings. The number of fused-ring (bicyclic) bond motifs is 1. The van der Waals surface area contributed by atoms with Gasteiger partial charge in [-0.2, -0.15) is 0 Å². The smallest absolute Gasteiger partial charge is 0.323 e. The van der Waals surface area contributed by atoms with E-state index in [9.17, 15) is 4.79 Å². The Labute approximate surface area is 112 Å². The summed E-state index contributed by atoms with van der Waals surface area (Å²) in [6, 6.07) is 7.61. The minimum Gasteiger partial charge on any atom is -0.480 e. The molecule has 0 saturated carbocycles. The van der Waals surface area contributed by atoms with Gasteiger partial charge in [0, 0.05) is 13.6 Å². The second-order valence-corrected chi connectivity index (χ2v) is 5.15. The van der Waals surface area contributed by atoms with Gasteiger partial charge in [0.15, 0.2) is 0 Å². The molecule has 0 aliphatic heterocycles. The monoisotopic (exact) mass is 261 g/mol. The van der Waals surface area contributed by atoms with E-state index in [0.717, 1.165) is 17.6 Å². The molecular formula is C14H19N3O2. The average molecular weight is 261 g/mol. The van der Waals surface area contributed by atoms with Crippen LogP contribution in [0.4, 0.5) is 5.95 Å². The van der Waals surface area contributed by atoms with Gasteiger partial charge in [-0.05, 0) is 18.1 Å². The lowest BCUT2D eigenvalue weighted by Crippen LogP contribution is -2.26. The summed E-state index contributed by atoms with van der Waals surface area (Å²) in [6.07, 6.45) is 0. The maximum Gasteiger partial charge on any atom is 0.323 e. The summed E-state index contributed by atoms with van der Waals surface area (Å²) >= 11 is 0. The zero-order valence-electron chi connectivity index (χ0n) is 11.5. The number of para-hydroxylation sites is 2. The van der Waals surface area contributed by atoms with Crippen LogP contribution in [0, 0.1) is 5.92 Å². The fourth-order valence-electron chi connectivity index (χ4n) is 2.27. The fourth-order valence-corrected chi connectivity index (χ4v) is 2.27. The Morgan fingerprint density at radius 3 is 2.74 bits per heavy atom. The first-order chi connectivity index (χ1) is 8.99. The number of aromatic nitrogens is 2. The van der Waals surface area contributed by atoms with E-state index in [4.69, 9.17) is 5.11 Å². The molecule has 5 nitrogen and oxygen atoms in total. The molecule has 0 aliphatic carbocycles. The highest BCUT2D eigenvalue weighted by Gasteiger charge is 2.16. The second kappa shape index (κ2) is 5.30. The van der Waals surface area contributed by atoms with E-state index in [1.165, 1.54) is 0 Å². The molecule has 0 bridgehead atoms. The molecule has 5 heteroatoms. The van der Waals surface area contributed by atoms with Crippen LogP contribution in [0.1, 0.15) is 13.8 Å². The molecular weight excluding hydrogens is 242 g/mol. The third-order valence-electron chi connectivity index (χ3n) is 2.91. The van der Waals surface area contributed by atoms with Gasteiger partial charge in [0.25, 0.3) is 0 Å². The lowest BCUT2D eigenvalue weighted by Gasteiger charge is -2.21. The van der Waals surface area contributed by atoms with Crippen LogP contribution in [0.5, 0.6) is 0 Å². The van der Waals surface area contributed by atoms with E-state index in [0.29, 0.717) is 11.9 Å². The van der Waals surface area contributed by atoms with Gasteiger partial charge in [-0.25, -0.2) is 4.98 Å². The van der Waals surface area contributed by atoms with Crippen molar-refractivity contribution in [2.75, 3.05) is 18.5 Å². The number of hydrogen-bond donors (Lipinski definition) is 1. The van der Waals surface area contributed by atoms with Crippen molar-refractivity contribution in [2.24, 2.45) is 5.92 Å². The summed E-state index contributed by atoms with van der Waals surface area (Å²) in [4.78, 5) is 17.6. The van der Waals surface area contributed by atoms with Gasteiger partial charge in [0.05, 0.1) is 11.0 Å². The van der Waals surface area contributed by atoms with E-state index in [2.05, 4.69) is 18.8 Å². The topological polar surface area (TPSA) is 58.4 Å². The molecule has 0 spiro atoms. The maximum absolute atomic E-state index is 11.0. The van der Waals surface area contributed by atoms with Gasteiger partial charge in [-0.15, -0.1) is 0 Å². The molecule has 19 heavy (non-hydrogen) atoms. The molecule has 0 aliphatic rings. The number of anilines is 1. The summed E-state index contributed by atoms with van der Waals surface area (Å²) in [7, 11) is 1.94. The summed E-state index contributed by atoms with van der Waals surface area (Å²) in [5.41, 5.74) is 1.69. The standard InChI is InChI=1S/C14H19N3O2/c1-10(2)8-16(3)14-15-11-6-4-5-7-12(11)17(14)9-13(18)19/h4-7,10H,8-9H2,1-3H3,(H,18,19). The quantitative estimate of drug-likeness (QED) is 0.896. The van der Waals surface area contributed by atoms with Crippen molar-refractivity contribution in [2.45, 2.75) is 20.4 Å². The lowest BCUT2D eigenvalue weighted by molar-refractivity contribution is -0.137. The largest absolute Gasteiger partial charge is 0.480 e. The highest BCUT2D eigenvalue weighted by molar-refractivity contribution is 5.81. The Morgan fingerprint density at radius 1 is 1.42 bits per heavy atom. The zero-order chi connectivity index (χ0) is 14.0. The Bertz CT molecular complexity index is 589. The molecule has 2 rings (SSSR count). The molecule has 1 heterocycles. The van der Waals surface area contributed by atoms with Crippen molar-refractivity contribution in [3.63, 3.8) is 0 Å². The predicted octanol–water partition coefficient (Wildman–Crippen LogP) is 2.21. The maximum atomic E-state index is 11.0. The van der Waals surface area contributed by atoms with Gasteiger partial charge >= 0.3 is 5.97 Å². The summed E-state index contributed by atoms with van der Waals surface area (Å²) in [6.45, 7) is 5.02. The fraction of sp³-hybridized carbons (Fsp3) is 0.429. The van der Waals surface area contributed by atoms with Gasteiger partial charge < -0.3 is 10.0 Å². The number of benzene rings is 1. The SMILES string of the molecule is CC(C)CN(C)c1nc2ccccc2n1CC(=O)O. The Balaban J connectivity index is 2.49. The Hall–Kier alpha value is -2.04. The highest BCUT2D eigenvalue weighted by atomic mass is 16.4. The number of carbonyl (C=O) groups is 1. The van der Waals surface area contributed by atoms with Crippen molar-refractivity contribution >= 4 is 23.0 Å². The summed E-state index contributed by atoms with van der Waals surface area (Å²) < 4.78 is 1.75. The van der Waals surface area contributed by atoms with Crippen LogP contribution < -0.4 is 4.90 Å². The number of hydrogen-bond acceptors (Lipinski definition) is 3. The van der Waals surface area contributed by atoms with Crippen molar-refractivity contribution in [3.8, 4) is 0 Å². The van der Waals surface area contributed by atoms with Crippen LogP contribution in [0.15, 0.2) is 24.3 Å². The van der Waals surface area contributed by atoms with Crippen molar-refractivity contribution < 1.29 is 9.90 Å². The van der Waals surface area contributed by atoms with E-state index in [-0.39, 0.29) is 6.54 Å². The number of aliphatic carboxylic acids is 1. The summed E-state index contributed by atoms with van der Waals surface area (Å²) in [5.74, 6) is 0.336. The van der Waals surface area contributed by atoms with Gasteiger partial charge in [0.1, 0.15) is 6.54 Å². The van der Waals surface area contributed by atoms with Crippen LogP contribution in [-0.4, -0.2) is 34.2 Å². The Morgan fingerprint density at radius 2 is 2.11 bits per heavy atom. The zero-order valence-corrected chi connectivity index (χ0v) is 11.5. The van der Waals surface area contributed by atoms with Crippen molar-refractivity contribution in [3.05, 3.63) is 24.3 Å². The average Bonchev–Trinajstić information content (AvgIpc) is 2.67. The van der Waals surface area contributed by atoms with E-state index >= 15 is 0 Å². The number of carboxylic acid groups (broad SMARTS) is 1. The van der Waals surface area contributed by atoms with Gasteiger partial charge in [-0.1, -0.05) is 26.0 Å². The lowest BCUT2D eigenvalue weighted by atomic mass is 10.2. The molecule has 102 valence electrons. The molecule has 0 saturated heterocycles. The first-order valence-corrected chi connectivity index (χ1v) is 6.37. The van der Waals surface area contributed by atoms with Crippen LogP contribution in [0.25, 0.3) is 11.0 Å². The van der Waals surface area contributed by atoms with Crippen LogP contribution in [0.3, 0.4) is 0 Å². The van der Waals surface area contributed by atoms with Crippen LogP contribution in [-0.2, 0) is 11.3 Å². The van der Waals surface area contributed by atoms with Crippen molar-refractivity contribution in [1.29, 1.82) is 0 Å². The molecule has 0 amide bonds. The van der Waals surface area contributed by atoms with Crippen LogP contribution >= 0.6 is 0 Å². The third-order valence-corrected chi connectivity index (χ3v) is 2.91. The number of nitrogens with zero attached hydrogens (tertiary/aromatic N) is 3. The van der Waals surface area contributed by atoms with Gasteiger partial charge in [0.2, 0.25) is 5.95 Å². The van der Waals surface area contributed by atoms with Crippen molar-refractivity contribution in [1.82, 2.24) is 9.55 Å². The Kier molecular flexibility index (Phi) is 3.74. The highest BCUT2D eigenvalue weighted by Crippen LogP contribution is 2.22. The van der Waals surface area contributed by atoms with E-state index in [1.807, 2.05) is 36.2 Å². The molecule has 0 fully saturated rings. The van der Waals surface area contributed by atoms with Crippen LogP contribution in [0.2, 0.25) is 0 Å². The first-order valence-electron chi connectivity index (χ1n) is 6.37. The van der Waals surface area contributed by atoms with Gasteiger partial charge in [-0.3, -0.25) is 9.36 Å². The number of carboxylic acids is 1. The molecule has 1 N–H and O–H groups in total. The number of imidazole rings is 1. The number of rotatable bonds is 5. The molecule has 1 aromatic heterocycles. The third kappa shape index (κ3) is 2.86.